The average molecular weight is 242 g/mol. The van der Waals surface area contributed by atoms with E-state index < -0.39 is 12.1 Å². The van der Waals surface area contributed by atoms with Gasteiger partial charge in [0.1, 0.15) is 5.82 Å². The van der Waals surface area contributed by atoms with E-state index in [2.05, 4.69) is 0 Å². The molecule has 0 atom stereocenters. The second kappa shape index (κ2) is 4.79. The number of halogens is 2. The molecule has 5 heteroatoms. The molecule has 1 aromatic carbocycles. The van der Waals surface area contributed by atoms with Crippen LogP contribution in [0.25, 0.3) is 0 Å². The third-order valence-electron chi connectivity index (χ3n) is 2.29. The molecule has 0 N–H and O–H groups in total. The van der Waals surface area contributed by atoms with Gasteiger partial charge >= 0.3 is 0 Å². The maximum Gasteiger partial charge on any atom is 0.186 e. The summed E-state index contributed by atoms with van der Waals surface area (Å²) in [4.78, 5) is 0. The van der Waals surface area contributed by atoms with E-state index in [1.807, 2.05) is 6.07 Å². The molecule has 0 saturated carbocycles. The van der Waals surface area contributed by atoms with Gasteiger partial charge in [0.15, 0.2) is 6.29 Å². The largest absolute Gasteiger partial charge is 0.346 e. The molecule has 0 aliphatic carbocycles. The number of hydrogen-bond acceptors (Lipinski definition) is 3. The fraction of sp³-hybridized carbons (Fsp3) is 0.364. The molecule has 1 aliphatic rings. The lowest BCUT2D eigenvalue weighted by Crippen LogP contribution is -2.04. The number of rotatable bonds is 2. The molecule has 16 heavy (non-hydrogen) atoms. The van der Waals surface area contributed by atoms with Crippen molar-refractivity contribution < 1.29 is 13.9 Å². The summed E-state index contributed by atoms with van der Waals surface area (Å²) < 4.78 is 24.3. The van der Waals surface area contributed by atoms with Crippen molar-refractivity contribution in [2.75, 3.05) is 13.2 Å². The zero-order valence-electron chi connectivity index (χ0n) is 8.37. The van der Waals surface area contributed by atoms with Gasteiger partial charge in [-0.25, -0.2) is 4.39 Å². The molecule has 1 saturated heterocycles. The van der Waals surface area contributed by atoms with E-state index in [-0.39, 0.29) is 17.5 Å². The van der Waals surface area contributed by atoms with E-state index >= 15 is 0 Å². The van der Waals surface area contributed by atoms with Crippen LogP contribution in [0.3, 0.4) is 0 Å². The normalized spacial score (nSPS) is 16.3. The molecule has 0 aromatic heterocycles. The molecular weight excluding hydrogens is 233 g/mol. The van der Waals surface area contributed by atoms with Crippen LogP contribution in [0, 0.1) is 17.1 Å². The topological polar surface area (TPSA) is 42.2 Å². The summed E-state index contributed by atoms with van der Waals surface area (Å²) in [6, 6.07) is 4.80. The van der Waals surface area contributed by atoms with Crippen LogP contribution in [0.2, 0.25) is 5.02 Å². The van der Waals surface area contributed by atoms with Crippen LogP contribution in [0.5, 0.6) is 0 Å². The van der Waals surface area contributed by atoms with Crippen LogP contribution < -0.4 is 0 Å². The fourth-order valence-corrected chi connectivity index (χ4v) is 1.84. The predicted molar refractivity (Wildman–Crippen MR) is 55.4 cm³/mol. The van der Waals surface area contributed by atoms with Crippen LogP contribution in [0.4, 0.5) is 4.39 Å². The zero-order valence-corrected chi connectivity index (χ0v) is 9.13. The molecule has 1 fully saturated rings. The summed E-state index contributed by atoms with van der Waals surface area (Å²) >= 11 is 5.85. The summed E-state index contributed by atoms with van der Waals surface area (Å²) in [7, 11) is 0. The van der Waals surface area contributed by atoms with Gasteiger partial charge < -0.3 is 9.47 Å². The molecular formula is C11H9ClFNO2. The molecule has 84 valence electrons. The van der Waals surface area contributed by atoms with Crippen molar-refractivity contribution in [3.63, 3.8) is 0 Å². The Morgan fingerprint density at radius 1 is 1.44 bits per heavy atom. The summed E-state index contributed by atoms with van der Waals surface area (Å²) in [6.07, 6.45) is -0.734. The van der Waals surface area contributed by atoms with Crippen LogP contribution in [0.15, 0.2) is 12.1 Å². The van der Waals surface area contributed by atoms with Gasteiger partial charge in [-0.1, -0.05) is 11.6 Å². The number of nitrogens with zero attached hydrogens (tertiary/aromatic N) is 1. The van der Waals surface area contributed by atoms with E-state index in [1.54, 1.807) is 0 Å². The lowest BCUT2D eigenvalue weighted by molar-refractivity contribution is -0.0465. The Morgan fingerprint density at radius 3 is 2.75 bits per heavy atom. The monoisotopic (exact) mass is 241 g/mol. The van der Waals surface area contributed by atoms with Crippen LogP contribution in [0.1, 0.15) is 17.4 Å². The number of ether oxygens (including phenoxy) is 2. The Hall–Kier alpha value is -1.15. The number of nitriles is 1. The highest BCUT2D eigenvalue weighted by Crippen LogP contribution is 2.30. The lowest BCUT2D eigenvalue weighted by atomic mass is 10.1. The van der Waals surface area contributed by atoms with E-state index in [9.17, 15) is 4.39 Å². The van der Waals surface area contributed by atoms with Gasteiger partial charge in [-0.05, 0) is 12.1 Å². The van der Waals surface area contributed by atoms with Crippen molar-refractivity contribution in [1.82, 2.24) is 0 Å². The first-order chi connectivity index (χ1) is 7.72. The highest BCUT2D eigenvalue weighted by molar-refractivity contribution is 6.30. The van der Waals surface area contributed by atoms with Gasteiger partial charge in [-0.15, -0.1) is 0 Å². The third kappa shape index (κ3) is 2.17. The molecule has 0 bridgehead atoms. The Balaban J connectivity index is 2.40. The lowest BCUT2D eigenvalue weighted by Gasteiger charge is -2.12. The standard InChI is InChI=1S/C11H9ClFNO2/c12-8-5-7(1-2-14)10(13)9(6-8)11-15-3-4-16-11/h5-6,11H,1,3-4H2. The minimum absolute atomic E-state index is 0.0217. The molecule has 1 aliphatic heterocycles. The molecule has 0 amide bonds. The average Bonchev–Trinajstić information content (AvgIpc) is 2.76. The second-order valence-electron chi connectivity index (χ2n) is 3.38. The first-order valence-electron chi connectivity index (χ1n) is 4.80. The van der Waals surface area contributed by atoms with Gasteiger partial charge in [-0.3, -0.25) is 0 Å². The molecule has 1 aromatic rings. The van der Waals surface area contributed by atoms with Crippen molar-refractivity contribution in [2.45, 2.75) is 12.7 Å². The predicted octanol–water partition coefficient (Wildman–Crippen LogP) is 2.59. The van der Waals surface area contributed by atoms with Crippen molar-refractivity contribution in [3.05, 3.63) is 34.1 Å². The molecule has 2 rings (SSSR count). The van der Waals surface area contributed by atoms with Crippen molar-refractivity contribution in [3.8, 4) is 6.07 Å². The number of benzene rings is 1. The highest BCUT2D eigenvalue weighted by Gasteiger charge is 2.24. The minimum Gasteiger partial charge on any atom is -0.346 e. The van der Waals surface area contributed by atoms with E-state index in [0.29, 0.717) is 18.2 Å². The highest BCUT2D eigenvalue weighted by atomic mass is 35.5. The van der Waals surface area contributed by atoms with Gasteiger partial charge in [0.2, 0.25) is 0 Å². The summed E-state index contributed by atoms with van der Waals surface area (Å²) in [6.45, 7) is 0.869. The van der Waals surface area contributed by atoms with Crippen LogP contribution >= 0.6 is 11.6 Å². The third-order valence-corrected chi connectivity index (χ3v) is 2.50. The number of hydrogen-bond donors (Lipinski definition) is 0. The van der Waals surface area contributed by atoms with Crippen molar-refractivity contribution >= 4 is 11.6 Å². The van der Waals surface area contributed by atoms with Gasteiger partial charge in [0.05, 0.1) is 25.7 Å². The smallest absolute Gasteiger partial charge is 0.186 e. The Labute approximate surface area is 97.3 Å². The molecule has 0 unspecified atom stereocenters. The summed E-state index contributed by atoms with van der Waals surface area (Å²) in [5, 5.41) is 8.94. The Bertz CT molecular complexity index is 438. The van der Waals surface area contributed by atoms with E-state index in [4.69, 9.17) is 26.3 Å². The zero-order chi connectivity index (χ0) is 11.5. The Morgan fingerprint density at radius 2 is 2.12 bits per heavy atom. The van der Waals surface area contributed by atoms with Crippen LogP contribution in [-0.4, -0.2) is 13.2 Å². The molecule has 0 radical (unpaired) electrons. The molecule has 0 spiro atoms. The van der Waals surface area contributed by atoms with Gasteiger partial charge in [0.25, 0.3) is 0 Å². The first kappa shape index (κ1) is 11.3. The maximum atomic E-state index is 13.9. The fourth-order valence-electron chi connectivity index (χ4n) is 1.59. The summed E-state index contributed by atoms with van der Waals surface area (Å²) in [5.74, 6) is -0.474. The molecule has 1 heterocycles. The van der Waals surface area contributed by atoms with E-state index in [1.165, 1.54) is 12.1 Å². The minimum atomic E-state index is -0.712. The first-order valence-corrected chi connectivity index (χ1v) is 5.18. The van der Waals surface area contributed by atoms with Crippen molar-refractivity contribution in [2.24, 2.45) is 0 Å². The van der Waals surface area contributed by atoms with Crippen LogP contribution in [-0.2, 0) is 15.9 Å². The van der Waals surface area contributed by atoms with E-state index in [0.717, 1.165) is 0 Å². The summed E-state index contributed by atoms with van der Waals surface area (Å²) in [5.41, 5.74) is 0.527. The van der Waals surface area contributed by atoms with Gasteiger partial charge in [0, 0.05) is 16.1 Å². The Kier molecular flexibility index (Phi) is 3.39. The SMILES string of the molecule is N#CCc1cc(Cl)cc(C2OCCO2)c1F. The maximum absolute atomic E-state index is 13.9. The second-order valence-corrected chi connectivity index (χ2v) is 3.81. The van der Waals surface area contributed by atoms with Crippen molar-refractivity contribution in [1.29, 1.82) is 5.26 Å². The van der Waals surface area contributed by atoms with Gasteiger partial charge in [-0.2, -0.15) is 5.26 Å². The quantitative estimate of drug-likeness (QED) is 0.799. The molecule has 3 nitrogen and oxygen atoms in total.